The fraction of sp³-hybridized carbons (Fsp3) is 0.562. The van der Waals surface area contributed by atoms with Crippen LogP contribution in [0.25, 0.3) is 0 Å². The van der Waals surface area contributed by atoms with E-state index in [-0.39, 0.29) is 17.5 Å². The summed E-state index contributed by atoms with van der Waals surface area (Å²) in [5.41, 5.74) is 1.08. The molecule has 2 unspecified atom stereocenters. The minimum atomic E-state index is -0.299. The molecular formula is C16H20FNO2. The van der Waals surface area contributed by atoms with E-state index < -0.39 is 0 Å². The molecule has 2 aliphatic rings. The Kier molecular flexibility index (Phi) is 3.61. The standard InChI is InChI=1S/C16H20FNO2/c1-10-3-4-11(7-15(10)17)16(19)12-5-13-8-20-9-14(6-12)18(13)2/h3-4,7,12-14H,5-6,8-9H2,1-2H3. The number of benzene rings is 1. The molecule has 1 aromatic rings. The van der Waals surface area contributed by atoms with Crippen molar-refractivity contribution in [2.75, 3.05) is 20.3 Å². The summed E-state index contributed by atoms with van der Waals surface area (Å²) in [6, 6.07) is 5.42. The summed E-state index contributed by atoms with van der Waals surface area (Å²) in [5, 5.41) is 0. The Morgan fingerprint density at radius 1 is 1.30 bits per heavy atom. The first-order valence-electron chi connectivity index (χ1n) is 7.16. The third-order valence-electron chi connectivity index (χ3n) is 4.71. The van der Waals surface area contributed by atoms with E-state index in [1.165, 1.54) is 6.07 Å². The Hall–Kier alpha value is -1.26. The number of hydrogen-bond donors (Lipinski definition) is 0. The summed E-state index contributed by atoms with van der Waals surface area (Å²) < 4.78 is 19.2. The average Bonchev–Trinajstić information content (AvgIpc) is 2.41. The lowest BCUT2D eigenvalue weighted by Crippen LogP contribution is -2.55. The van der Waals surface area contributed by atoms with Crippen LogP contribution in [0, 0.1) is 18.7 Å². The third-order valence-corrected chi connectivity index (χ3v) is 4.71. The Balaban J connectivity index is 1.79. The zero-order valence-corrected chi connectivity index (χ0v) is 11.9. The molecule has 0 amide bonds. The Morgan fingerprint density at radius 3 is 2.55 bits per heavy atom. The SMILES string of the molecule is Cc1ccc(C(=O)C2CC3COCC(C2)N3C)cc1F. The number of likely N-dealkylation sites (N-methyl/N-ethyl adjacent to an activating group) is 1. The normalized spacial score (nSPS) is 30.2. The Morgan fingerprint density at radius 2 is 1.95 bits per heavy atom. The highest BCUT2D eigenvalue weighted by atomic mass is 19.1. The number of fused-ring (bicyclic) bond motifs is 2. The van der Waals surface area contributed by atoms with Crippen LogP contribution in [0.5, 0.6) is 0 Å². The van der Waals surface area contributed by atoms with Crippen molar-refractivity contribution >= 4 is 5.78 Å². The Labute approximate surface area is 118 Å². The van der Waals surface area contributed by atoms with E-state index in [4.69, 9.17) is 4.74 Å². The predicted octanol–water partition coefficient (Wildman–Crippen LogP) is 2.43. The van der Waals surface area contributed by atoms with Gasteiger partial charge in [-0.2, -0.15) is 0 Å². The van der Waals surface area contributed by atoms with Crippen LogP contribution in [-0.4, -0.2) is 43.0 Å². The van der Waals surface area contributed by atoms with E-state index in [9.17, 15) is 9.18 Å². The molecule has 3 rings (SSSR count). The van der Waals surface area contributed by atoms with Gasteiger partial charge in [-0.15, -0.1) is 0 Å². The quantitative estimate of drug-likeness (QED) is 0.778. The molecule has 0 N–H and O–H groups in total. The Bertz CT molecular complexity index is 517. The van der Waals surface area contributed by atoms with Crippen molar-refractivity contribution in [2.45, 2.75) is 31.8 Å². The molecule has 0 aromatic heterocycles. The van der Waals surface area contributed by atoms with Gasteiger partial charge < -0.3 is 4.74 Å². The zero-order valence-electron chi connectivity index (χ0n) is 11.9. The smallest absolute Gasteiger partial charge is 0.166 e. The first-order chi connectivity index (χ1) is 9.56. The molecule has 0 spiro atoms. The maximum Gasteiger partial charge on any atom is 0.166 e. The lowest BCUT2D eigenvalue weighted by Gasteiger charge is -2.46. The van der Waals surface area contributed by atoms with Gasteiger partial charge in [0.15, 0.2) is 5.78 Å². The summed E-state index contributed by atoms with van der Waals surface area (Å²) in [6.45, 7) is 3.10. The van der Waals surface area contributed by atoms with Gasteiger partial charge in [-0.3, -0.25) is 9.69 Å². The summed E-state index contributed by atoms with van der Waals surface area (Å²) >= 11 is 0. The molecule has 2 atom stereocenters. The number of carbonyl (C=O) groups excluding carboxylic acids is 1. The molecule has 1 aromatic carbocycles. The van der Waals surface area contributed by atoms with Crippen LogP contribution in [0.15, 0.2) is 18.2 Å². The van der Waals surface area contributed by atoms with Crippen LogP contribution in [0.4, 0.5) is 4.39 Å². The maximum atomic E-state index is 13.6. The number of Topliss-reactive ketones (excluding diaryl/α,β-unsaturated/α-hetero) is 1. The van der Waals surface area contributed by atoms with Crippen LogP contribution in [0.1, 0.15) is 28.8 Å². The summed E-state index contributed by atoms with van der Waals surface area (Å²) in [7, 11) is 2.10. The van der Waals surface area contributed by atoms with Crippen LogP contribution in [0.2, 0.25) is 0 Å². The van der Waals surface area contributed by atoms with Gasteiger partial charge >= 0.3 is 0 Å². The number of morpholine rings is 1. The van der Waals surface area contributed by atoms with Crippen LogP contribution in [-0.2, 0) is 4.74 Å². The van der Waals surface area contributed by atoms with Crippen molar-refractivity contribution in [1.82, 2.24) is 4.90 Å². The molecule has 2 bridgehead atoms. The lowest BCUT2D eigenvalue weighted by atomic mass is 9.81. The number of halogens is 1. The van der Waals surface area contributed by atoms with E-state index in [2.05, 4.69) is 11.9 Å². The fourth-order valence-corrected chi connectivity index (χ4v) is 3.29. The molecular weight excluding hydrogens is 257 g/mol. The van der Waals surface area contributed by atoms with Crippen molar-refractivity contribution in [1.29, 1.82) is 0 Å². The number of aryl methyl sites for hydroxylation is 1. The molecule has 108 valence electrons. The first-order valence-corrected chi connectivity index (χ1v) is 7.16. The van der Waals surface area contributed by atoms with Gasteiger partial charge in [0, 0.05) is 23.6 Å². The van der Waals surface area contributed by atoms with Crippen molar-refractivity contribution in [3.63, 3.8) is 0 Å². The summed E-state index contributed by atoms with van der Waals surface area (Å²) in [4.78, 5) is 14.9. The van der Waals surface area contributed by atoms with Gasteiger partial charge in [-0.05, 0) is 38.4 Å². The van der Waals surface area contributed by atoms with Gasteiger partial charge in [0.2, 0.25) is 0 Å². The van der Waals surface area contributed by atoms with Crippen molar-refractivity contribution in [2.24, 2.45) is 5.92 Å². The van der Waals surface area contributed by atoms with Crippen LogP contribution >= 0.6 is 0 Å². The van der Waals surface area contributed by atoms with Crippen LogP contribution in [0.3, 0.4) is 0 Å². The van der Waals surface area contributed by atoms with E-state index in [1.54, 1.807) is 19.1 Å². The average molecular weight is 277 g/mol. The van der Waals surface area contributed by atoms with Gasteiger partial charge in [0.1, 0.15) is 5.82 Å². The molecule has 0 aliphatic carbocycles. The highest BCUT2D eigenvalue weighted by Gasteiger charge is 2.39. The number of ketones is 1. The van der Waals surface area contributed by atoms with E-state index in [0.717, 1.165) is 12.8 Å². The number of rotatable bonds is 2. The first kappa shape index (κ1) is 13.7. The van der Waals surface area contributed by atoms with E-state index >= 15 is 0 Å². The van der Waals surface area contributed by atoms with Gasteiger partial charge in [-0.1, -0.05) is 12.1 Å². The molecule has 4 heteroatoms. The van der Waals surface area contributed by atoms with Crippen molar-refractivity contribution in [3.8, 4) is 0 Å². The largest absolute Gasteiger partial charge is 0.378 e. The summed E-state index contributed by atoms with van der Waals surface area (Å²) in [5.74, 6) is -0.228. The topological polar surface area (TPSA) is 29.5 Å². The number of nitrogens with zero attached hydrogens (tertiary/aromatic N) is 1. The highest BCUT2D eigenvalue weighted by molar-refractivity contribution is 5.98. The second-order valence-corrected chi connectivity index (χ2v) is 6.01. The van der Waals surface area contributed by atoms with Gasteiger partial charge in [0.05, 0.1) is 13.2 Å². The second-order valence-electron chi connectivity index (χ2n) is 6.01. The van der Waals surface area contributed by atoms with Crippen molar-refractivity contribution < 1.29 is 13.9 Å². The van der Waals surface area contributed by atoms with Gasteiger partial charge in [-0.25, -0.2) is 4.39 Å². The third kappa shape index (κ3) is 2.38. The van der Waals surface area contributed by atoms with Gasteiger partial charge in [0.25, 0.3) is 0 Å². The zero-order chi connectivity index (χ0) is 14.3. The second kappa shape index (κ2) is 5.26. The molecule has 3 nitrogen and oxygen atoms in total. The molecule has 0 saturated carbocycles. The monoisotopic (exact) mass is 277 g/mol. The number of ether oxygens (including phenoxy) is 1. The van der Waals surface area contributed by atoms with E-state index in [0.29, 0.717) is 36.4 Å². The van der Waals surface area contributed by atoms with Crippen molar-refractivity contribution in [3.05, 3.63) is 35.1 Å². The minimum absolute atomic E-state index is 0.00722. The highest BCUT2D eigenvalue weighted by Crippen LogP contribution is 2.32. The molecule has 2 aliphatic heterocycles. The minimum Gasteiger partial charge on any atom is -0.378 e. The number of carbonyl (C=O) groups is 1. The molecule has 2 heterocycles. The lowest BCUT2D eigenvalue weighted by molar-refractivity contribution is -0.0702. The maximum absolute atomic E-state index is 13.6. The predicted molar refractivity (Wildman–Crippen MR) is 74.3 cm³/mol. The number of piperidine rings is 1. The molecule has 0 radical (unpaired) electrons. The molecule has 2 fully saturated rings. The van der Waals surface area contributed by atoms with E-state index in [1.807, 2.05) is 0 Å². The molecule has 2 saturated heterocycles. The van der Waals surface area contributed by atoms with Crippen LogP contribution < -0.4 is 0 Å². The molecule has 20 heavy (non-hydrogen) atoms. The summed E-state index contributed by atoms with van der Waals surface area (Å²) in [6.07, 6.45) is 1.61. The fourth-order valence-electron chi connectivity index (χ4n) is 3.29. The number of hydrogen-bond acceptors (Lipinski definition) is 3.